The second kappa shape index (κ2) is 16.8. The van der Waals surface area contributed by atoms with Gasteiger partial charge in [-0.2, -0.15) is 0 Å². The molecule has 2 aliphatic rings. The molecule has 1 aliphatic heterocycles. The van der Waals surface area contributed by atoms with Crippen molar-refractivity contribution in [1.82, 2.24) is 0 Å². The van der Waals surface area contributed by atoms with Crippen molar-refractivity contribution in [1.29, 1.82) is 0 Å². The molecule has 1 aliphatic carbocycles. The van der Waals surface area contributed by atoms with Crippen LogP contribution in [0.3, 0.4) is 0 Å². The van der Waals surface area contributed by atoms with Gasteiger partial charge in [0.2, 0.25) is 5.43 Å². The van der Waals surface area contributed by atoms with E-state index in [2.05, 4.69) is 5.32 Å². The molecule has 0 fully saturated rings. The van der Waals surface area contributed by atoms with E-state index in [-0.39, 0.29) is 121 Å². The topological polar surface area (TPSA) is 208 Å². The molecule has 0 atom stereocenters. The van der Waals surface area contributed by atoms with E-state index in [4.69, 9.17) is 18.6 Å². The maximum Gasteiger partial charge on any atom is 1.00 e. The standard InChI is InChI=1S/C34H28F2N2O12.K/c1-47-18-3-5-24(38(15-32(43)44)16-33(45)46)30(9-18)49-7-6-48-29-8-17(2-4-23(29)37-14-31(41)42)34-19-10-21(35)25(39)12-27(19)50-28-13-26(40)22(36)11-20(28)34;/h2-5,8-13,37,39H,6-7,14-16H2,1H3,(H,41,42)(H,43,44)(H,45,46);/q;+1/p-1. The molecular formula is C34H27F2KN2O12. The van der Waals surface area contributed by atoms with Gasteiger partial charge in [-0.1, -0.05) is 11.8 Å². The number of hydrogen-bond acceptors (Lipinski definition) is 11. The maximum atomic E-state index is 14.6. The molecule has 260 valence electrons. The van der Waals surface area contributed by atoms with Crippen molar-refractivity contribution in [3.05, 3.63) is 82.5 Å². The number of anilines is 2. The SMILES string of the molecule is COc1ccc(N(CC(=O)O)CC(=O)O)c(OCCOc2cc(-c3c4cc(F)c(=O)cc-4oc4cc([O-])c(F)cc34)ccc2NCC(=O)O)c1.[K+]. The molecule has 0 aromatic heterocycles. The van der Waals surface area contributed by atoms with Gasteiger partial charge in [-0.25, -0.2) is 8.78 Å². The van der Waals surface area contributed by atoms with Gasteiger partial charge in [0.05, 0.1) is 18.5 Å². The molecule has 0 saturated carbocycles. The number of nitrogens with one attached hydrogen (secondary N) is 1. The van der Waals surface area contributed by atoms with Gasteiger partial charge in [0.25, 0.3) is 0 Å². The Morgan fingerprint density at radius 3 is 2.20 bits per heavy atom. The Morgan fingerprint density at radius 2 is 1.55 bits per heavy atom. The fraction of sp³-hybridized carbons (Fsp3) is 0.176. The van der Waals surface area contributed by atoms with Crippen molar-refractivity contribution < 1.29 is 114 Å². The molecule has 14 nitrogen and oxygen atoms in total. The Kier molecular flexibility index (Phi) is 12.8. The first-order valence-electron chi connectivity index (χ1n) is 14.6. The number of aliphatic carboxylic acids is 3. The normalized spacial score (nSPS) is 10.7. The summed E-state index contributed by atoms with van der Waals surface area (Å²) in [6, 6.07) is 12.4. The van der Waals surface area contributed by atoms with Crippen LogP contribution >= 0.6 is 0 Å². The Balaban J connectivity index is 0.00000583. The number of ether oxygens (including phenoxy) is 3. The number of carboxylic acids is 3. The number of hydrogen-bond donors (Lipinski definition) is 4. The van der Waals surface area contributed by atoms with Crippen LogP contribution in [0.2, 0.25) is 0 Å². The van der Waals surface area contributed by atoms with Gasteiger partial charge < -0.3 is 49.3 Å². The third-order valence-electron chi connectivity index (χ3n) is 7.29. The number of rotatable bonds is 15. The molecule has 1 heterocycles. The van der Waals surface area contributed by atoms with Crippen molar-refractivity contribution in [2.24, 2.45) is 0 Å². The van der Waals surface area contributed by atoms with Gasteiger partial charge in [-0.15, -0.1) is 0 Å². The Bertz CT molecular complexity index is 2130. The first-order valence-corrected chi connectivity index (χ1v) is 14.6. The van der Waals surface area contributed by atoms with Crippen LogP contribution in [0.25, 0.3) is 33.4 Å². The van der Waals surface area contributed by atoms with E-state index in [1.807, 2.05) is 0 Å². The predicted molar refractivity (Wildman–Crippen MR) is 171 cm³/mol. The van der Waals surface area contributed by atoms with Crippen molar-refractivity contribution in [3.8, 4) is 45.4 Å². The first kappa shape index (κ1) is 38.9. The third kappa shape index (κ3) is 9.24. The van der Waals surface area contributed by atoms with Crippen LogP contribution in [-0.4, -0.2) is 73.2 Å². The van der Waals surface area contributed by atoms with E-state index in [0.29, 0.717) is 5.75 Å². The molecule has 3 aromatic carbocycles. The summed E-state index contributed by atoms with van der Waals surface area (Å²) in [5.41, 5.74) is -0.144. The second-order valence-electron chi connectivity index (χ2n) is 10.7. The number of nitrogens with zero attached hydrogens (tertiary/aromatic N) is 1. The quantitative estimate of drug-likeness (QED) is 0.0669. The average molecular weight is 733 g/mol. The summed E-state index contributed by atoms with van der Waals surface area (Å²) in [7, 11) is 1.39. The second-order valence-corrected chi connectivity index (χ2v) is 10.7. The fourth-order valence-corrected chi connectivity index (χ4v) is 5.17. The minimum atomic E-state index is -1.28. The Hall–Kier alpha value is -4.94. The number of methoxy groups -OCH3 is 1. The summed E-state index contributed by atoms with van der Waals surface area (Å²) in [5.74, 6) is -6.53. The van der Waals surface area contributed by atoms with Gasteiger partial charge in [0, 0.05) is 28.6 Å². The number of carbonyl (C=O) groups is 3. The largest absolute Gasteiger partial charge is 1.00 e. The zero-order valence-electron chi connectivity index (χ0n) is 27.0. The average Bonchev–Trinajstić information content (AvgIpc) is 3.05. The van der Waals surface area contributed by atoms with Crippen LogP contribution in [0.1, 0.15) is 0 Å². The van der Waals surface area contributed by atoms with E-state index < -0.39 is 60.4 Å². The van der Waals surface area contributed by atoms with Crippen LogP contribution < -0.4 is 86.3 Å². The molecule has 17 heteroatoms. The summed E-state index contributed by atoms with van der Waals surface area (Å²) in [6.07, 6.45) is 0. The maximum absolute atomic E-state index is 14.6. The predicted octanol–water partition coefficient (Wildman–Crippen LogP) is 0.859. The zero-order chi connectivity index (χ0) is 36.1. The van der Waals surface area contributed by atoms with E-state index >= 15 is 0 Å². The van der Waals surface area contributed by atoms with E-state index in [0.717, 1.165) is 29.2 Å². The smallest absolute Gasteiger partial charge is 0.870 e. The molecule has 0 amide bonds. The van der Waals surface area contributed by atoms with Crippen molar-refractivity contribution in [2.45, 2.75) is 0 Å². The van der Waals surface area contributed by atoms with Crippen LogP contribution in [0.5, 0.6) is 23.0 Å². The summed E-state index contributed by atoms with van der Waals surface area (Å²) in [4.78, 5) is 47.4. The van der Waals surface area contributed by atoms with Crippen LogP contribution in [0.4, 0.5) is 20.2 Å². The van der Waals surface area contributed by atoms with Gasteiger partial charge in [-0.05, 0) is 48.0 Å². The summed E-state index contributed by atoms with van der Waals surface area (Å²) in [6.45, 7) is -2.19. The molecule has 3 aromatic rings. The number of carboxylic acid groups (broad SMARTS) is 3. The van der Waals surface area contributed by atoms with E-state index in [1.54, 1.807) is 0 Å². The van der Waals surface area contributed by atoms with Gasteiger partial charge >= 0.3 is 69.3 Å². The van der Waals surface area contributed by atoms with Crippen molar-refractivity contribution >= 4 is 40.3 Å². The molecule has 0 radical (unpaired) electrons. The molecule has 0 spiro atoms. The molecule has 4 N–H and O–H groups in total. The third-order valence-corrected chi connectivity index (χ3v) is 7.29. The molecule has 0 unspecified atom stereocenters. The molecular weight excluding hydrogens is 705 g/mol. The fourth-order valence-electron chi connectivity index (χ4n) is 5.17. The zero-order valence-corrected chi connectivity index (χ0v) is 30.2. The summed E-state index contributed by atoms with van der Waals surface area (Å²) in [5, 5.41) is 42.8. The Labute approximate surface area is 329 Å². The van der Waals surface area contributed by atoms with E-state index in [9.17, 15) is 48.4 Å². The van der Waals surface area contributed by atoms with Crippen molar-refractivity contribution in [2.75, 3.05) is 50.2 Å². The van der Waals surface area contributed by atoms with Crippen LogP contribution in [0, 0.1) is 11.6 Å². The van der Waals surface area contributed by atoms with Gasteiger partial charge in [0.1, 0.15) is 67.3 Å². The van der Waals surface area contributed by atoms with Crippen LogP contribution in [-0.2, 0) is 14.4 Å². The van der Waals surface area contributed by atoms with Crippen LogP contribution in [0.15, 0.2) is 69.9 Å². The minimum Gasteiger partial charge on any atom is -0.870 e. The van der Waals surface area contributed by atoms with Gasteiger partial charge in [0.15, 0.2) is 5.82 Å². The molecule has 0 bridgehead atoms. The number of halogens is 2. The number of fused-ring (bicyclic) bond motifs is 2. The number of benzene rings is 4. The monoisotopic (exact) mass is 732 g/mol. The molecule has 0 saturated heterocycles. The van der Waals surface area contributed by atoms with E-state index in [1.165, 1.54) is 43.5 Å². The minimum absolute atomic E-state index is 0. The molecule has 5 rings (SSSR count). The summed E-state index contributed by atoms with van der Waals surface area (Å²) < 4.78 is 51.8. The van der Waals surface area contributed by atoms with Gasteiger partial charge in [-0.3, -0.25) is 19.2 Å². The first-order chi connectivity index (χ1) is 23.8. The van der Waals surface area contributed by atoms with Crippen molar-refractivity contribution in [3.63, 3.8) is 0 Å². The summed E-state index contributed by atoms with van der Waals surface area (Å²) >= 11 is 0. The Morgan fingerprint density at radius 1 is 0.863 bits per heavy atom. The molecule has 51 heavy (non-hydrogen) atoms.